The number of nitrogens with two attached hydrogens (primary N) is 1. The largest absolute Gasteiger partial charge is 1.00 e. The Labute approximate surface area is 282 Å². The van der Waals surface area contributed by atoms with Crippen molar-refractivity contribution in [2.24, 2.45) is 5.16 Å². The molecule has 14 nitrogen and oxygen atoms in total. The van der Waals surface area contributed by atoms with E-state index in [1.807, 2.05) is 0 Å². The number of rotatable bonds is 9. The van der Waals surface area contributed by atoms with Gasteiger partial charge in [-0.3, -0.25) is 14.5 Å². The summed E-state index contributed by atoms with van der Waals surface area (Å²) in [6, 6.07) is 1.64. The third kappa shape index (κ3) is 6.22. The Kier molecular flexibility index (Phi) is 10.0. The fourth-order valence-electron chi connectivity index (χ4n) is 4.06. The summed E-state index contributed by atoms with van der Waals surface area (Å²) < 4.78 is 5.21. The predicted molar refractivity (Wildman–Crippen MR) is 150 cm³/mol. The number of carbonyl (C=O) groups is 3. The van der Waals surface area contributed by atoms with Crippen LogP contribution in [0.5, 0.6) is 11.5 Å². The number of nitrogen functional groups attached to an aromatic ring is 1. The maximum Gasteiger partial charge on any atom is 1.00 e. The van der Waals surface area contributed by atoms with E-state index in [0.717, 1.165) is 16.2 Å². The number of thiazole rings is 1. The Morgan fingerprint density at radius 3 is 2.74 bits per heavy atom. The summed E-state index contributed by atoms with van der Waals surface area (Å²) in [6.07, 6.45) is 1.35. The van der Waals surface area contributed by atoms with Gasteiger partial charge in [-0.2, -0.15) is 0 Å². The standard InChI is InChI=1S/C24H18Cl2N6O8S2.Na/c1-2-8-6-41-22-16(21(36)32(22)17(8)23(37)38)29-20(35)15(13-7-42-24(27)28-13)31-39-5-9-3-12(30-40-9)10-4-11(25)18(33)19(34)14(10)26;/h2-4,7,16,22,33-34H,1,5-6H2,(H2,27,28)(H,29,35)(H,37,38);/q;+1/p-1/b31-15-;. The van der Waals surface area contributed by atoms with Gasteiger partial charge in [0.1, 0.15) is 22.8 Å². The van der Waals surface area contributed by atoms with Crippen LogP contribution in [-0.4, -0.2) is 65.9 Å². The first-order chi connectivity index (χ1) is 20.0. The number of carbonyl (C=O) groups excluding carboxylic acids is 3. The van der Waals surface area contributed by atoms with Crippen LogP contribution < -0.4 is 45.7 Å². The number of phenolic OH excluding ortho intramolecular Hbond substituents is 2. The maximum absolute atomic E-state index is 13.2. The molecule has 0 spiro atoms. The molecule has 218 valence electrons. The van der Waals surface area contributed by atoms with Crippen LogP contribution >= 0.6 is 46.3 Å². The van der Waals surface area contributed by atoms with E-state index >= 15 is 0 Å². The van der Waals surface area contributed by atoms with Crippen LogP contribution in [0.25, 0.3) is 11.3 Å². The number of benzene rings is 1. The zero-order valence-corrected chi connectivity index (χ0v) is 27.0. The number of oxime groups is 1. The van der Waals surface area contributed by atoms with Gasteiger partial charge >= 0.3 is 29.6 Å². The molecule has 2 aliphatic heterocycles. The van der Waals surface area contributed by atoms with Crippen molar-refractivity contribution in [1.29, 1.82) is 0 Å². The number of hydrogen-bond acceptors (Lipinski definition) is 14. The topological polar surface area (TPSA) is 217 Å². The van der Waals surface area contributed by atoms with Crippen LogP contribution in [0.15, 0.2) is 51.1 Å². The Hall–Kier alpha value is -3.25. The van der Waals surface area contributed by atoms with Crippen LogP contribution in [0.4, 0.5) is 5.13 Å². The summed E-state index contributed by atoms with van der Waals surface area (Å²) in [6.45, 7) is 3.25. The second-order valence-electron chi connectivity index (χ2n) is 8.61. The van der Waals surface area contributed by atoms with Gasteiger partial charge in [0.2, 0.25) is 0 Å². The van der Waals surface area contributed by atoms with Gasteiger partial charge in [-0.05, 0) is 11.6 Å². The van der Waals surface area contributed by atoms with Gasteiger partial charge in [-0.15, -0.1) is 23.1 Å². The van der Waals surface area contributed by atoms with Crippen molar-refractivity contribution in [1.82, 2.24) is 20.4 Å². The molecule has 4 heterocycles. The molecule has 0 aliphatic carbocycles. The van der Waals surface area contributed by atoms with Crippen LogP contribution in [0.1, 0.15) is 11.5 Å². The third-order valence-electron chi connectivity index (χ3n) is 6.07. The number of carboxylic acids is 1. The van der Waals surface area contributed by atoms with Crippen molar-refractivity contribution in [2.75, 3.05) is 11.5 Å². The quantitative estimate of drug-likeness (QED) is 0.0678. The molecule has 2 atom stereocenters. The molecule has 2 amide bonds. The molecule has 1 aromatic carbocycles. The molecule has 0 saturated carbocycles. The number of carboxylic acid groups (broad SMARTS) is 1. The van der Waals surface area contributed by atoms with Crippen LogP contribution in [0.2, 0.25) is 10.0 Å². The van der Waals surface area contributed by atoms with Gasteiger partial charge < -0.3 is 40.5 Å². The van der Waals surface area contributed by atoms with Crippen LogP contribution in [0, 0.1) is 0 Å². The minimum atomic E-state index is -1.52. The number of aromatic hydroxyl groups is 2. The van der Waals surface area contributed by atoms with Gasteiger partial charge in [0.05, 0.1) is 21.7 Å². The zero-order chi connectivity index (χ0) is 30.3. The number of phenols is 2. The normalized spacial score (nSPS) is 18.0. The van der Waals surface area contributed by atoms with Crippen molar-refractivity contribution in [2.45, 2.75) is 18.0 Å². The van der Waals surface area contributed by atoms with E-state index in [1.165, 1.54) is 35.4 Å². The van der Waals surface area contributed by atoms with Gasteiger partial charge in [-0.1, -0.05) is 46.2 Å². The predicted octanol–water partition coefficient (Wildman–Crippen LogP) is -1.39. The van der Waals surface area contributed by atoms with E-state index in [9.17, 15) is 29.7 Å². The van der Waals surface area contributed by atoms with Gasteiger partial charge in [0, 0.05) is 22.8 Å². The van der Waals surface area contributed by atoms with E-state index in [0.29, 0.717) is 5.57 Å². The molecule has 1 saturated heterocycles. The van der Waals surface area contributed by atoms with Gasteiger partial charge in [0.25, 0.3) is 11.8 Å². The Morgan fingerprint density at radius 1 is 1.35 bits per heavy atom. The first kappa shape index (κ1) is 32.7. The number of aromatic nitrogens is 2. The summed E-state index contributed by atoms with van der Waals surface area (Å²) in [4.78, 5) is 48.2. The summed E-state index contributed by atoms with van der Waals surface area (Å²) in [7, 11) is 0. The number of nitrogens with one attached hydrogen (secondary N) is 1. The van der Waals surface area contributed by atoms with Crippen molar-refractivity contribution < 1.29 is 68.6 Å². The van der Waals surface area contributed by atoms with Crippen molar-refractivity contribution in [3.05, 3.63) is 62.9 Å². The smallest absolute Gasteiger partial charge is 0.543 e. The first-order valence-electron chi connectivity index (χ1n) is 11.6. The molecule has 5 rings (SSSR count). The zero-order valence-electron chi connectivity index (χ0n) is 21.9. The molecule has 2 aliphatic rings. The Bertz CT molecular complexity index is 1710. The fourth-order valence-corrected chi connectivity index (χ4v) is 6.38. The maximum atomic E-state index is 13.2. The molecule has 2 aromatic heterocycles. The number of halogens is 2. The van der Waals surface area contributed by atoms with Crippen molar-refractivity contribution in [3.63, 3.8) is 0 Å². The van der Waals surface area contributed by atoms with Gasteiger partial charge in [-0.25, -0.2) is 4.98 Å². The SMILES string of the molecule is C=CC1=C(C(=O)[O-])N2C(=O)C(NC(=O)/C(=N\OCc3cc(-c4cc(Cl)c(O)c(O)c4Cl)no3)c3csc(N)n3)C2SC1.[Na+]. The molecular weight excluding hydrogens is 658 g/mol. The van der Waals surface area contributed by atoms with Crippen LogP contribution in [-0.2, 0) is 25.8 Å². The van der Waals surface area contributed by atoms with Crippen molar-refractivity contribution >= 4 is 74.9 Å². The van der Waals surface area contributed by atoms with E-state index in [4.69, 9.17) is 38.3 Å². The molecule has 3 aromatic rings. The summed E-state index contributed by atoms with van der Waals surface area (Å²) in [5.41, 5.74) is 5.86. The molecule has 0 bridgehead atoms. The number of thioether (sulfide) groups is 1. The summed E-state index contributed by atoms with van der Waals surface area (Å²) in [5, 5.41) is 42.2. The molecule has 19 heteroatoms. The monoisotopic (exact) mass is 674 g/mol. The molecule has 2 unspecified atom stereocenters. The molecule has 0 radical (unpaired) electrons. The summed E-state index contributed by atoms with van der Waals surface area (Å²) >= 11 is 14.3. The number of hydrogen-bond donors (Lipinski definition) is 4. The second kappa shape index (κ2) is 13.2. The molecule has 5 N–H and O–H groups in total. The van der Waals surface area contributed by atoms with E-state index in [-0.39, 0.29) is 91.2 Å². The van der Waals surface area contributed by atoms with Gasteiger partial charge in [0.15, 0.2) is 34.7 Å². The Balaban J connectivity index is 0.00000423. The van der Waals surface area contributed by atoms with E-state index in [2.05, 4.69) is 27.2 Å². The molecule has 1 fully saturated rings. The number of fused-ring (bicyclic) bond motifs is 1. The van der Waals surface area contributed by atoms with E-state index < -0.39 is 40.7 Å². The Morgan fingerprint density at radius 2 is 2.09 bits per heavy atom. The third-order valence-corrected chi connectivity index (χ3v) is 8.71. The minimum absolute atomic E-state index is 0. The fraction of sp³-hybridized carbons (Fsp3) is 0.167. The molecular formula is C24H17Cl2N6NaO8S2. The number of nitrogens with zero attached hydrogens (tertiary/aromatic N) is 4. The van der Waals surface area contributed by atoms with E-state index in [1.54, 1.807) is 0 Å². The first-order valence-corrected chi connectivity index (χ1v) is 14.3. The average Bonchev–Trinajstić information content (AvgIpc) is 3.62. The number of aliphatic carboxylic acids is 1. The van der Waals surface area contributed by atoms with Crippen LogP contribution in [0.3, 0.4) is 0 Å². The average molecular weight is 675 g/mol. The summed E-state index contributed by atoms with van der Waals surface area (Å²) in [5.74, 6) is -3.83. The minimum Gasteiger partial charge on any atom is -0.543 e. The van der Waals surface area contributed by atoms with Crippen molar-refractivity contribution in [3.8, 4) is 22.8 Å². The molecule has 43 heavy (non-hydrogen) atoms. The number of anilines is 1. The number of β-lactam (4-membered cyclic amide) rings is 1. The number of amides is 2. The second-order valence-corrected chi connectivity index (χ2v) is 11.4. The number of allylic oxidation sites excluding steroid dienone is 1.